The Labute approximate surface area is 108 Å². The number of hydrogen-bond donors (Lipinski definition) is 0. The Morgan fingerprint density at radius 2 is 2.06 bits per heavy atom. The van der Waals surface area contributed by atoms with Gasteiger partial charge in [0.15, 0.2) is 11.2 Å². The van der Waals surface area contributed by atoms with Crippen LogP contribution in [0.25, 0.3) is 0 Å². The number of rotatable bonds is 0. The molecule has 1 spiro atoms. The summed E-state index contributed by atoms with van der Waals surface area (Å²) >= 11 is 0. The summed E-state index contributed by atoms with van der Waals surface area (Å²) in [5, 5.41) is 0. The van der Waals surface area contributed by atoms with Crippen molar-refractivity contribution in [2.75, 3.05) is 6.61 Å². The molecule has 3 heteroatoms. The van der Waals surface area contributed by atoms with Gasteiger partial charge in [0.25, 0.3) is 0 Å². The lowest BCUT2D eigenvalue weighted by molar-refractivity contribution is -0.149. The van der Waals surface area contributed by atoms with E-state index in [1.54, 1.807) is 0 Å². The minimum absolute atomic E-state index is 0.0173. The molecule has 3 fully saturated rings. The van der Waals surface area contributed by atoms with E-state index in [9.17, 15) is 9.59 Å². The summed E-state index contributed by atoms with van der Waals surface area (Å²) in [5.41, 5.74) is -0.375. The van der Waals surface area contributed by atoms with E-state index in [1.807, 2.05) is 0 Å². The van der Waals surface area contributed by atoms with Gasteiger partial charge in [-0.05, 0) is 29.7 Å². The van der Waals surface area contributed by atoms with Gasteiger partial charge in [0.1, 0.15) is 6.61 Å². The molecule has 0 amide bonds. The highest BCUT2D eigenvalue weighted by molar-refractivity contribution is 6.11. The first-order valence-corrected chi connectivity index (χ1v) is 6.83. The minimum Gasteiger partial charge on any atom is -0.460 e. The van der Waals surface area contributed by atoms with Gasteiger partial charge in [-0.3, -0.25) is 9.59 Å². The first-order chi connectivity index (χ1) is 8.43. The van der Waals surface area contributed by atoms with Crippen LogP contribution in [0.1, 0.15) is 39.5 Å². The zero-order chi connectivity index (χ0) is 13.1. The predicted octanol–water partition coefficient (Wildman–Crippen LogP) is 2.50. The van der Waals surface area contributed by atoms with Crippen molar-refractivity contribution in [1.82, 2.24) is 0 Å². The number of fused-ring (bicyclic) bond motifs is 1. The van der Waals surface area contributed by atoms with E-state index < -0.39 is 5.41 Å². The fourth-order valence-corrected chi connectivity index (χ4v) is 4.33. The normalized spacial score (nSPS) is 47.6. The number of carbonyl (C=O) groups is 2. The van der Waals surface area contributed by atoms with Gasteiger partial charge in [0.05, 0.1) is 0 Å². The summed E-state index contributed by atoms with van der Waals surface area (Å²) in [5.74, 6) is 0.244. The molecule has 0 aromatic carbocycles. The molecule has 18 heavy (non-hydrogen) atoms. The molecular formula is C15H20O3. The van der Waals surface area contributed by atoms with Crippen molar-refractivity contribution >= 4 is 11.8 Å². The standard InChI is InChI=1S/C15H20O3/c1-9-5-4-6-11-12(16)15(8-14(9,11)3)10(2)7-18-13(15)17/h9,11H,2,4-8H2,1,3H3/t9-,11+,14+,15-/m0/s1. The highest BCUT2D eigenvalue weighted by Crippen LogP contribution is 2.62. The molecule has 3 aliphatic rings. The molecule has 2 saturated carbocycles. The smallest absolute Gasteiger partial charge is 0.324 e. The summed E-state index contributed by atoms with van der Waals surface area (Å²) in [6, 6.07) is 0. The first kappa shape index (κ1) is 11.9. The summed E-state index contributed by atoms with van der Waals surface area (Å²) in [7, 11) is 0. The molecule has 0 aromatic rings. The van der Waals surface area contributed by atoms with Crippen LogP contribution in [0.4, 0.5) is 0 Å². The van der Waals surface area contributed by atoms with Crippen molar-refractivity contribution < 1.29 is 14.3 Å². The van der Waals surface area contributed by atoms with Crippen LogP contribution in [0.15, 0.2) is 12.2 Å². The van der Waals surface area contributed by atoms with E-state index in [2.05, 4.69) is 20.4 Å². The maximum absolute atomic E-state index is 12.8. The summed E-state index contributed by atoms with van der Waals surface area (Å²) < 4.78 is 5.10. The van der Waals surface area contributed by atoms with Gasteiger partial charge in [-0.25, -0.2) is 0 Å². The third-order valence-electron chi connectivity index (χ3n) is 5.76. The molecule has 98 valence electrons. The predicted molar refractivity (Wildman–Crippen MR) is 66.8 cm³/mol. The number of ketones is 1. The molecule has 1 aliphatic heterocycles. The van der Waals surface area contributed by atoms with Crippen LogP contribution in [0.2, 0.25) is 0 Å². The third-order valence-corrected chi connectivity index (χ3v) is 5.76. The van der Waals surface area contributed by atoms with Crippen LogP contribution in [-0.2, 0) is 14.3 Å². The Bertz CT molecular complexity index is 435. The number of ether oxygens (including phenoxy) is 1. The lowest BCUT2D eigenvalue weighted by atomic mass is 9.63. The van der Waals surface area contributed by atoms with E-state index in [0.29, 0.717) is 17.9 Å². The maximum Gasteiger partial charge on any atom is 0.324 e. The van der Waals surface area contributed by atoms with E-state index >= 15 is 0 Å². The largest absolute Gasteiger partial charge is 0.460 e. The van der Waals surface area contributed by atoms with Crippen molar-refractivity contribution in [3.05, 3.63) is 12.2 Å². The van der Waals surface area contributed by atoms with Crippen LogP contribution in [0.5, 0.6) is 0 Å². The third kappa shape index (κ3) is 1.15. The van der Waals surface area contributed by atoms with Crippen LogP contribution in [0.3, 0.4) is 0 Å². The monoisotopic (exact) mass is 248 g/mol. The van der Waals surface area contributed by atoms with Gasteiger partial charge in [0.2, 0.25) is 0 Å². The Hall–Kier alpha value is -1.12. The summed E-state index contributed by atoms with van der Waals surface area (Å²) in [6.07, 6.45) is 3.77. The Kier molecular flexibility index (Phi) is 2.30. The molecule has 4 atom stereocenters. The van der Waals surface area contributed by atoms with Crippen LogP contribution in [0, 0.1) is 22.7 Å². The van der Waals surface area contributed by atoms with Gasteiger partial charge in [-0.1, -0.05) is 33.3 Å². The molecule has 0 radical (unpaired) electrons. The van der Waals surface area contributed by atoms with Crippen molar-refractivity contribution in [3.8, 4) is 0 Å². The molecule has 3 rings (SSSR count). The zero-order valence-corrected chi connectivity index (χ0v) is 11.1. The topological polar surface area (TPSA) is 43.4 Å². The molecule has 0 bridgehead atoms. The minimum atomic E-state index is -1.00. The fourth-order valence-electron chi connectivity index (χ4n) is 4.33. The maximum atomic E-state index is 12.8. The average molecular weight is 248 g/mol. The number of esters is 1. The van der Waals surface area contributed by atoms with Gasteiger partial charge in [0, 0.05) is 5.92 Å². The summed E-state index contributed by atoms with van der Waals surface area (Å²) in [4.78, 5) is 24.9. The van der Waals surface area contributed by atoms with E-state index in [1.165, 1.54) is 0 Å². The van der Waals surface area contributed by atoms with Gasteiger partial charge < -0.3 is 4.74 Å². The van der Waals surface area contributed by atoms with E-state index in [0.717, 1.165) is 19.3 Å². The lowest BCUT2D eigenvalue weighted by Crippen LogP contribution is -2.36. The molecule has 0 N–H and O–H groups in total. The van der Waals surface area contributed by atoms with Crippen LogP contribution in [-0.4, -0.2) is 18.4 Å². The highest BCUT2D eigenvalue weighted by Gasteiger charge is 2.67. The second-order valence-corrected chi connectivity index (χ2v) is 6.52. The average Bonchev–Trinajstić information content (AvgIpc) is 2.74. The van der Waals surface area contributed by atoms with Crippen LogP contribution >= 0.6 is 0 Å². The first-order valence-electron chi connectivity index (χ1n) is 6.83. The van der Waals surface area contributed by atoms with Crippen molar-refractivity contribution in [1.29, 1.82) is 0 Å². The van der Waals surface area contributed by atoms with Crippen molar-refractivity contribution in [3.63, 3.8) is 0 Å². The number of cyclic esters (lactones) is 1. The molecule has 1 saturated heterocycles. The molecular weight excluding hydrogens is 228 g/mol. The van der Waals surface area contributed by atoms with Gasteiger partial charge in [-0.2, -0.15) is 0 Å². The number of carbonyl (C=O) groups excluding carboxylic acids is 2. The second kappa shape index (κ2) is 3.46. The summed E-state index contributed by atoms with van der Waals surface area (Å²) in [6.45, 7) is 8.55. The highest BCUT2D eigenvalue weighted by atomic mass is 16.5. The van der Waals surface area contributed by atoms with Crippen molar-refractivity contribution in [2.45, 2.75) is 39.5 Å². The molecule has 2 aliphatic carbocycles. The molecule has 3 nitrogen and oxygen atoms in total. The van der Waals surface area contributed by atoms with Gasteiger partial charge >= 0.3 is 5.97 Å². The Morgan fingerprint density at radius 1 is 1.33 bits per heavy atom. The molecule has 1 heterocycles. The lowest BCUT2D eigenvalue weighted by Gasteiger charge is -2.41. The Balaban J connectivity index is 2.09. The van der Waals surface area contributed by atoms with Gasteiger partial charge in [-0.15, -0.1) is 0 Å². The number of Topliss-reactive ketones (excluding diaryl/α,β-unsaturated/α-hetero) is 1. The zero-order valence-electron chi connectivity index (χ0n) is 11.1. The molecule has 0 aromatic heterocycles. The fraction of sp³-hybridized carbons (Fsp3) is 0.733. The number of hydrogen-bond acceptors (Lipinski definition) is 3. The van der Waals surface area contributed by atoms with E-state index in [-0.39, 0.29) is 29.7 Å². The van der Waals surface area contributed by atoms with Crippen molar-refractivity contribution in [2.24, 2.45) is 22.7 Å². The SMILES string of the molecule is C=C1COC(=O)[C@@]12C[C@@]1(C)[C@H](CCC[C@@H]1C)C2=O. The van der Waals surface area contributed by atoms with Crippen LogP contribution < -0.4 is 0 Å². The Morgan fingerprint density at radius 3 is 2.61 bits per heavy atom. The second-order valence-electron chi connectivity index (χ2n) is 6.52. The van der Waals surface area contributed by atoms with E-state index in [4.69, 9.17) is 4.74 Å². The quantitative estimate of drug-likeness (QED) is 0.376. The molecule has 0 unspecified atom stereocenters.